The second kappa shape index (κ2) is 5.85. The highest BCUT2D eigenvalue weighted by Crippen LogP contribution is 2.39. The molecule has 0 spiro atoms. The monoisotopic (exact) mass is 308 g/mol. The van der Waals surface area contributed by atoms with Crippen LogP contribution >= 0.6 is 11.6 Å². The van der Waals surface area contributed by atoms with E-state index in [1.165, 1.54) is 0 Å². The molecule has 5 heteroatoms. The molecule has 4 nitrogen and oxygen atoms in total. The predicted molar refractivity (Wildman–Crippen MR) is 84.2 cm³/mol. The minimum Gasteiger partial charge on any atom is -0.494 e. The summed E-state index contributed by atoms with van der Waals surface area (Å²) in [6, 6.07) is 6.43. The van der Waals surface area contributed by atoms with Crippen molar-refractivity contribution in [2.75, 3.05) is 14.2 Å². The van der Waals surface area contributed by atoms with Crippen molar-refractivity contribution in [2.45, 2.75) is 43.7 Å². The van der Waals surface area contributed by atoms with E-state index in [0.29, 0.717) is 12.1 Å². The fourth-order valence-corrected chi connectivity index (χ4v) is 3.46. The van der Waals surface area contributed by atoms with Crippen LogP contribution in [0.5, 0.6) is 5.75 Å². The van der Waals surface area contributed by atoms with Gasteiger partial charge in [0.15, 0.2) is 0 Å². The summed E-state index contributed by atoms with van der Waals surface area (Å²) in [6.07, 6.45) is 3.52. The number of halogens is 1. The van der Waals surface area contributed by atoms with Crippen molar-refractivity contribution in [1.29, 1.82) is 0 Å². The van der Waals surface area contributed by atoms with E-state index in [1.54, 1.807) is 14.2 Å². The van der Waals surface area contributed by atoms with Gasteiger partial charge in [-0.15, -0.1) is 11.6 Å². The molecule has 1 saturated carbocycles. The highest BCUT2D eigenvalue weighted by atomic mass is 35.5. The Bertz CT molecular complexity index is 638. The highest BCUT2D eigenvalue weighted by molar-refractivity contribution is 6.20. The molecule has 1 aromatic carbocycles. The van der Waals surface area contributed by atoms with Crippen LogP contribution in [0.15, 0.2) is 18.2 Å². The van der Waals surface area contributed by atoms with E-state index in [1.807, 2.05) is 19.1 Å². The number of aromatic nitrogens is 2. The molecule has 3 unspecified atom stereocenters. The van der Waals surface area contributed by atoms with Crippen LogP contribution in [0.1, 0.15) is 43.4 Å². The third-order valence-corrected chi connectivity index (χ3v) is 4.54. The van der Waals surface area contributed by atoms with E-state index < -0.39 is 0 Å². The van der Waals surface area contributed by atoms with Gasteiger partial charge >= 0.3 is 0 Å². The van der Waals surface area contributed by atoms with Crippen molar-refractivity contribution >= 4 is 22.6 Å². The lowest BCUT2D eigenvalue weighted by Crippen LogP contribution is -2.12. The largest absolute Gasteiger partial charge is 0.494 e. The number of alkyl halides is 1. The molecule has 1 aliphatic carbocycles. The first-order valence-corrected chi connectivity index (χ1v) is 7.81. The zero-order valence-corrected chi connectivity index (χ0v) is 13.4. The van der Waals surface area contributed by atoms with E-state index >= 15 is 0 Å². The summed E-state index contributed by atoms with van der Waals surface area (Å²) in [4.78, 5) is 4.74. The summed E-state index contributed by atoms with van der Waals surface area (Å²) < 4.78 is 13.2. The molecule has 3 rings (SSSR count). The van der Waals surface area contributed by atoms with Crippen molar-refractivity contribution in [2.24, 2.45) is 0 Å². The van der Waals surface area contributed by atoms with Crippen LogP contribution in [0.3, 0.4) is 0 Å². The number of methoxy groups -OCH3 is 2. The van der Waals surface area contributed by atoms with Gasteiger partial charge in [0.25, 0.3) is 0 Å². The molecule has 0 bridgehead atoms. The topological polar surface area (TPSA) is 36.3 Å². The van der Waals surface area contributed by atoms with Gasteiger partial charge < -0.3 is 14.0 Å². The van der Waals surface area contributed by atoms with Crippen molar-refractivity contribution < 1.29 is 9.47 Å². The third-order valence-electron chi connectivity index (χ3n) is 4.34. The molecule has 0 amide bonds. The Labute approximate surface area is 130 Å². The number of hydrogen-bond acceptors (Lipinski definition) is 3. The van der Waals surface area contributed by atoms with Crippen LogP contribution in [0.2, 0.25) is 0 Å². The third kappa shape index (κ3) is 2.51. The normalized spacial score (nSPS) is 23.6. The van der Waals surface area contributed by atoms with Crippen LogP contribution in [0, 0.1) is 0 Å². The van der Waals surface area contributed by atoms with Gasteiger partial charge in [-0.2, -0.15) is 0 Å². The average molecular weight is 309 g/mol. The number of para-hydroxylation sites is 1. The van der Waals surface area contributed by atoms with Crippen molar-refractivity contribution in [3.8, 4) is 5.75 Å². The molecule has 0 N–H and O–H groups in total. The van der Waals surface area contributed by atoms with E-state index in [0.717, 1.165) is 41.9 Å². The van der Waals surface area contributed by atoms with Crippen LogP contribution in [0.4, 0.5) is 0 Å². The van der Waals surface area contributed by atoms with Gasteiger partial charge in [0.2, 0.25) is 0 Å². The zero-order chi connectivity index (χ0) is 15.0. The average Bonchev–Trinajstić information content (AvgIpc) is 3.10. The second-order valence-corrected chi connectivity index (χ2v) is 6.26. The van der Waals surface area contributed by atoms with Gasteiger partial charge in [-0.25, -0.2) is 4.98 Å². The Morgan fingerprint density at radius 1 is 1.33 bits per heavy atom. The molecule has 2 aromatic rings. The fourth-order valence-electron chi connectivity index (χ4n) is 3.30. The number of rotatable bonds is 4. The first-order valence-electron chi connectivity index (χ1n) is 7.37. The summed E-state index contributed by atoms with van der Waals surface area (Å²) >= 11 is 6.37. The van der Waals surface area contributed by atoms with Gasteiger partial charge in [-0.05, 0) is 38.3 Å². The van der Waals surface area contributed by atoms with Crippen LogP contribution in [0.25, 0.3) is 11.0 Å². The lowest BCUT2D eigenvalue weighted by Gasteiger charge is -2.18. The summed E-state index contributed by atoms with van der Waals surface area (Å²) in [5.41, 5.74) is 1.99. The van der Waals surface area contributed by atoms with Crippen molar-refractivity contribution in [3.63, 3.8) is 0 Å². The lowest BCUT2D eigenvalue weighted by molar-refractivity contribution is 0.106. The number of imidazole rings is 1. The Morgan fingerprint density at radius 3 is 2.76 bits per heavy atom. The minimum atomic E-state index is -0.135. The minimum absolute atomic E-state index is 0.135. The summed E-state index contributed by atoms with van der Waals surface area (Å²) in [5, 5.41) is -0.135. The molecular formula is C16H21ClN2O2. The molecule has 21 heavy (non-hydrogen) atoms. The van der Waals surface area contributed by atoms with Crippen molar-refractivity contribution in [1.82, 2.24) is 9.55 Å². The Balaban J connectivity index is 2.13. The Kier molecular flexibility index (Phi) is 4.09. The molecular weight excluding hydrogens is 288 g/mol. The number of hydrogen-bond donors (Lipinski definition) is 0. The molecule has 0 aliphatic heterocycles. The van der Waals surface area contributed by atoms with Gasteiger partial charge in [-0.3, -0.25) is 0 Å². The number of benzene rings is 1. The number of fused-ring (bicyclic) bond motifs is 1. The smallest absolute Gasteiger partial charge is 0.146 e. The molecule has 0 saturated heterocycles. The Morgan fingerprint density at radius 2 is 2.14 bits per heavy atom. The predicted octanol–water partition coefficient (Wildman–Crippen LogP) is 4.08. The van der Waals surface area contributed by atoms with E-state index in [-0.39, 0.29) is 5.38 Å². The molecule has 1 aliphatic rings. The molecule has 1 fully saturated rings. The highest BCUT2D eigenvalue weighted by Gasteiger charge is 2.30. The maximum Gasteiger partial charge on any atom is 0.146 e. The number of nitrogens with zero attached hydrogens (tertiary/aromatic N) is 2. The van der Waals surface area contributed by atoms with E-state index in [2.05, 4.69) is 10.6 Å². The zero-order valence-electron chi connectivity index (χ0n) is 12.7. The summed E-state index contributed by atoms with van der Waals surface area (Å²) in [7, 11) is 3.46. The van der Waals surface area contributed by atoms with E-state index in [4.69, 9.17) is 26.1 Å². The first-order chi connectivity index (χ1) is 10.2. The standard InChI is InChI=1S/C16H21ClN2O2/c1-10(17)16-18-15-13(5-4-6-14(15)21-3)19(16)11-7-8-12(9-11)20-2/h4-6,10-12H,7-9H2,1-3H3. The molecule has 0 radical (unpaired) electrons. The van der Waals surface area contributed by atoms with Crippen LogP contribution in [-0.2, 0) is 4.74 Å². The fraction of sp³-hybridized carbons (Fsp3) is 0.562. The quantitative estimate of drug-likeness (QED) is 0.798. The Hall–Kier alpha value is -1.26. The van der Waals surface area contributed by atoms with E-state index in [9.17, 15) is 0 Å². The van der Waals surface area contributed by atoms with Crippen LogP contribution < -0.4 is 4.74 Å². The van der Waals surface area contributed by atoms with Crippen molar-refractivity contribution in [3.05, 3.63) is 24.0 Å². The van der Waals surface area contributed by atoms with Gasteiger partial charge in [0, 0.05) is 13.2 Å². The summed E-state index contributed by atoms with van der Waals surface area (Å²) in [5.74, 6) is 1.71. The molecule has 3 atom stereocenters. The van der Waals surface area contributed by atoms with Gasteiger partial charge in [0.05, 0.1) is 24.1 Å². The molecule has 1 aromatic heterocycles. The SMILES string of the molecule is COc1cccc2c1nc(C(C)Cl)n2C1CCC(OC)C1. The van der Waals surface area contributed by atoms with Gasteiger partial charge in [0.1, 0.15) is 17.1 Å². The molecule has 1 heterocycles. The molecule has 114 valence electrons. The second-order valence-electron chi connectivity index (χ2n) is 5.61. The first kappa shape index (κ1) is 14.7. The maximum absolute atomic E-state index is 6.37. The summed E-state index contributed by atoms with van der Waals surface area (Å²) in [6.45, 7) is 1.97. The van der Waals surface area contributed by atoms with Gasteiger partial charge in [-0.1, -0.05) is 6.07 Å². The number of ether oxygens (including phenoxy) is 2. The lowest BCUT2D eigenvalue weighted by atomic mass is 10.2. The maximum atomic E-state index is 6.37. The van der Waals surface area contributed by atoms with Crippen LogP contribution in [-0.4, -0.2) is 29.9 Å².